The molecule has 132 valence electrons. The topological polar surface area (TPSA) is 12.5 Å². The molecule has 0 aromatic heterocycles. The maximum Gasteiger partial charge on any atom is 0.111 e. The molecule has 0 aliphatic carbocycles. The summed E-state index contributed by atoms with van der Waals surface area (Å²) >= 11 is 0. The maximum atomic E-state index is 6.81. The summed E-state index contributed by atoms with van der Waals surface area (Å²) in [7, 11) is 0. The van der Waals surface area contributed by atoms with E-state index < -0.39 is 0 Å². The third kappa shape index (κ3) is 4.96. The minimum absolute atomic E-state index is 0.117. The molecule has 2 nitrogen and oxygen atoms in total. The molecular weight excluding hydrogens is 270 g/mol. The first-order valence-corrected chi connectivity index (χ1v) is 9.98. The van der Waals surface area contributed by atoms with Crippen LogP contribution >= 0.6 is 0 Å². The second kappa shape index (κ2) is 9.93. The van der Waals surface area contributed by atoms with Gasteiger partial charge >= 0.3 is 0 Å². The molecule has 0 saturated carbocycles. The second-order valence-corrected chi connectivity index (χ2v) is 7.64. The Morgan fingerprint density at radius 3 is 1.95 bits per heavy atom. The van der Waals surface area contributed by atoms with Gasteiger partial charge in [-0.15, -0.1) is 0 Å². The van der Waals surface area contributed by atoms with Gasteiger partial charge in [-0.3, -0.25) is 4.90 Å². The van der Waals surface area contributed by atoms with E-state index in [2.05, 4.69) is 46.4 Å². The Kier molecular flexibility index (Phi) is 9.01. The Morgan fingerprint density at radius 2 is 1.55 bits per heavy atom. The highest BCUT2D eigenvalue weighted by atomic mass is 16.5. The van der Waals surface area contributed by atoms with Crippen molar-refractivity contribution in [3.63, 3.8) is 0 Å². The van der Waals surface area contributed by atoms with Crippen LogP contribution in [0.1, 0.15) is 99.3 Å². The molecule has 0 N–H and O–H groups in total. The fourth-order valence-electron chi connectivity index (χ4n) is 4.12. The standard InChI is InChI=1S/C20H41NO/c1-7-11-13-20(14-12-8-2)18(16-17(5)6)21(15-9-3)19(10-4)22-20/h17-19H,7-16H2,1-6H3/t18-,19+/m0/s1. The van der Waals surface area contributed by atoms with Crippen LogP contribution in [0.2, 0.25) is 0 Å². The third-order valence-corrected chi connectivity index (χ3v) is 5.18. The molecule has 0 unspecified atom stereocenters. The quantitative estimate of drug-likeness (QED) is 0.464. The van der Waals surface area contributed by atoms with Crippen LogP contribution in [0.25, 0.3) is 0 Å². The van der Waals surface area contributed by atoms with Gasteiger partial charge in [0.2, 0.25) is 0 Å². The summed E-state index contributed by atoms with van der Waals surface area (Å²) in [5.74, 6) is 0.742. The Balaban J connectivity index is 3.04. The minimum atomic E-state index is 0.117. The lowest BCUT2D eigenvalue weighted by Crippen LogP contribution is -2.47. The summed E-state index contributed by atoms with van der Waals surface area (Å²) in [6.45, 7) is 15.1. The van der Waals surface area contributed by atoms with Crippen molar-refractivity contribution < 1.29 is 4.74 Å². The molecule has 0 amide bonds. The highest BCUT2D eigenvalue weighted by Crippen LogP contribution is 2.43. The van der Waals surface area contributed by atoms with Gasteiger partial charge < -0.3 is 4.74 Å². The smallest absolute Gasteiger partial charge is 0.111 e. The molecule has 0 aromatic carbocycles. The lowest BCUT2D eigenvalue weighted by molar-refractivity contribution is -0.0727. The first kappa shape index (κ1) is 20.0. The zero-order valence-electron chi connectivity index (χ0n) is 16.2. The molecule has 1 rings (SSSR count). The van der Waals surface area contributed by atoms with Gasteiger partial charge in [0.25, 0.3) is 0 Å². The molecule has 1 fully saturated rings. The van der Waals surface area contributed by atoms with Crippen LogP contribution < -0.4 is 0 Å². The molecular formula is C20H41NO. The summed E-state index contributed by atoms with van der Waals surface area (Å²) in [4.78, 5) is 2.71. The predicted molar refractivity (Wildman–Crippen MR) is 97.2 cm³/mol. The van der Waals surface area contributed by atoms with Crippen LogP contribution in [0.15, 0.2) is 0 Å². The van der Waals surface area contributed by atoms with E-state index in [9.17, 15) is 0 Å². The summed E-state index contributed by atoms with van der Waals surface area (Å²) in [5.41, 5.74) is 0.117. The zero-order chi connectivity index (χ0) is 16.6. The fourth-order valence-corrected chi connectivity index (χ4v) is 4.12. The maximum absolute atomic E-state index is 6.81. The van der Waals surface area contributed by atoms with Crippen LogP contribution in [0, 0.1) is 5.92 Å². The van der Waals surface area contributed by atoms with E-state index in [1.54, 1.807) is 0 Å². The van der Waals surface area contributed by atoms with Gasteiger partial charge in [0, 0.05) is 12.6 Å². The van der Waals surface area contributed by atoms with Gasteiger partial charge in [-0.2, -0.15) is 0 Å². The molecule has 0 radical (unpaired) electrons. The highest BCUT2D eigenvalue weighted by Gasteiger charge is 2.51. The molecule has 0 spiro atoms. The van der Waals surface area contributed by atoms with E-state index in [4.69, 9.17) is 4.74 Å². The summed E-state index contributed by atoms with van der Waals surface area (Å²) in [5, 5.41) is 0. The molecule has 1 heterocycles. The molecule has 1 aliphatic rings. The first-order chi connectivity index (χ1) is 10.5. The lowest BCUT2D eigenvalue weighted by atomic mass is 9.80. The van der Waals surface area contributed by atoms with E-state index in [-0.39, 0.29) is 5.60 Å². The van der Waals surface area contributed by atoms with Crippen molar-refractivity contribution in [1.29, 1.82) is 0 Å². The number of nitrogens with zero attached hydrogens (tertiary/aromatic N) is 1. The van der Waals surface area contributed by atoms with Gasteiger partial charge in [-0.05, 0) is 38.0 Å². The largest absolute Gasteiger partial charge is 0.355 e. The predicted octanol–water partition coefficient (Wildman–Crippen LogP) is 6.00. The highest BCUT2D eigenvalue weighted by molar-refractivity contribution is 5.01. The molecule has 0 aromatic rings. The molecule has 22 heavy (non-hydrogen) atoms. The monoisotopic (exact) mass is 311 g/mol. The van der Waals surface area contributed by atoms with E-state index in [1.165, 1.54) is 57.9 Å². The van der Waals surface area contributed by atoms with E-state index in [0.29, 0.717) is 12.3 Å². The average Bonchev–Trinajstić information content (AvgIpc) is 2.77. The Labute approximate surface area is 140 Å². The normalized spacial score (nSPS) is 25.2. The number of hydrogen-bond acceptors (Lipinski definition) is 2. The number of rotatable bonds is 11. The molecule has 1 aliphatic heterocycles. The van der Waals surface area contributed by atoms with Crippen molar-refractivity contribution in [3.05, 3.63) is 0 Å². The number of hydrogen-bond donors (Lipinski definition) is 0. The van der Waals surface area contributed by atoms with E-state index >= 15 is 0 Å². The Morgan fingerprint density at radius 1 is 0.955 bits per heavy atom. The van der Waals surface area contributed by atoms with Crippen molar-refractivity contribution in [2.45, 2.75) is 117 Å². The third-order valence-electron chi connectivity index (χ3n) is 5.18. The van der Waals surface area contributed by atoms with Crippen LogP contribution in [-0.4, -0.2) is 29.3 Å². The van der Waals surface area contributed by atoms with Gasteiger partial charge in [0.05, 0.1) is 5.60 Å². The van der Waals surface area contributed by atoms with Crippen molar-refractivity contribution in [2.75, 3.05) is 6.54 Å². The number of unbranched alkanes of at least 4 members (excludes halogenated alkanes) is 2. The van der Waals surface area contributed by atoms with Crippen LogP contribution in [0.3, 0.4) is 0 Å². The Bertz CT molecular complexity index is 281. The molecule has 2 heteroatoms. The summed E-state index contributed by atoms with van der Waals surface area (Å²) < 4.78 is 6.81. The summed E-state index contributed by atoms with van der Waals surface area (Å²) in [6.07, 6.45) is 11.6. The van der Waals surface area contributed by atoms with E-state index in [0.717, 1.165) is 12.3 Å². The van der Waals surface area contributed by atoms with Crippen LogP contribution in [-0.2, 0) is 4.74 Å². The molecule has 2 atom stereocenters. The van der Waals surface area contributed by atoms with E-state index in [1.807, 2.05) is 0 Å². The van der Waals surface area contributed by atoms with Gasteiger partial charge in [0.1, 0.15) is 6.23 Å². The van der Waals surface area contributed by atoms with Crippen molar-refractivity contribution in [3.8, 4) is 0 Å². The van der Waals surface area contributed by atoms with Crippen molar-refractivity contribution in [2.24, 2.45) is 5.92 Å². The summed E-state index contributed by atoms with van der Waals surface area (Å²) in [6, 6.07) is 0.621. The SMILES string of the molecule is CCCCC1(CCCC)O[C@H](CC)N(CCC)[C@H]1CC(C)C. The second-order valence-electron chi connectivity index (χ2n) is 7.64. The molecule has 1 saturated heterocycles. The Hall–Kier alpha value is -0.0800. The van der Waals surface area contributed by atoms with Crippen molar-refractivity contribution >= 4 is 0 Å². The fraction of sp³-hybridized carbons (Fsp3) is 1.00. The van der Waals surface area contributed by atoms with Gasteiger partial charge in [0.15, 0.2) is 0 Å². The number of ether oxygens (including phenoxy) is 1. The van der Waals surface area contributed by atoms with Gasteiger partial charge in [-0.1, -0.05) is 67.2 Å². The molecule has 0 bridgehead atoms. The lowest BCUT2D eigenvalue weighted by Gasteiger charge is -2.38. The van der Waals surface area contributed by atoms with Crippen LogP contribution in [0.5, 0.6) is 0 Å². The average molecular weight is 312 g/mol. The van der Waals surface area contributed by atoms with Crippen molar-refractivity contribution in [1.82, 2.24) is 4.90 Å². The zero-order valence-corrected chi connectivity index (χ0v) is 16.2. The van der Waals surface area contributed by atoms with Gasteiger partial charge in [-0.25, -0.2) is 0 Å². The first-order valence-electron chi connectivity index (χ1n) is 9.98. The minimum Gasteiger partial charge on any atom is -0.355 e. The van der Waals surface area contributed by atoms with Crippen LogP contribution in [0.4, 0.5) is 0 Å².